The summed E-state index contributed by atoms with van der Waals surface area (Å²) in [7, 11) is 1.60. The van der Waals surface area contributed by atoms with E-state index in [1.54, 1.807) is 19.4 Å². The van der Waals surface area contributed by atoms with Gasteiger partial charge in [0, 0.05) is 5.56 Å². The van der Waals surface area contributed by atoms with E-state index in [0.717, 1.165) is 16.9 Å². The Balaban J connectivity index is 2.05. The lowest BCUT2D eigenvalue weighted by molar-refractivity contribution is -0.123. The van der Waals surface area contributed by atoms with E-state index in [0.29, 0.717) is 10.6 Å². The minimum absolute atomic E-state index is 0.153. The van der Waals surface area contributed by atoms with Crippen molar-refractivity contribution in [2.75, 3.05) is 7.11 Å². The SMILES string of the molecule is COc1ccc(/C=N/NC(=O)C(NC(=O)c2ccc(Cl)c(Cl)c2)C(C)C)c(C)c1. The molecule has 8 heteroatoms. The van der Waals surface area contributed by atoms with Crippen molar-refractivity contribution in [2.24, 2.45) is 11.0 Å². The van der Waals surface area contributed by atoms with E-state index in [1.807, 2.05) is 39.0 Å². The molecule has 2 N–H and O–H groups in total. The standard InChI is InChI=1S/C21H23Cl2N3O3/c1-12(2)19(25-20(27)14-6-8-17(22)18(23)10-14)21(28)26-24-11-15-5-7-16(29-4)9-13(15)3/h5-12,19H,1-4H3,(H,25,27)(H,26,28)/b24-11+. The second-order valence-electron chi connectivity index (χ2n) is 6.78. The number of hydrazone groups is 1. The molecule has 6 nitrogen and oxygen atoms in total. The van der Waals surface area contributed by atoms with Crippen LogP contribution in [-0.2, 0) is 4.79 Å². The van der Waals surface area contributed by atoms with Crippen LogP contribution in [0.15, 0.2) is 41.5 Å². The smallest absolute Gasteiger partial charge is 0.262 e. The van der Waals surface area contributed by atoms with Crippen molar-refractivity contribution in [3.63, 3.8) is 0 Å². The van der Waals surface area contributed by atoms with Gasteiger partial charge in [-0.3, -0.25) is 9.59 Å². The van der Waals surface area contributed by atoms with Gasteiger partial charge in [-0.1, -0.05) is 37.0 Å². The first-order valence-corrected chi connectivity index (χ1v) is 9.72. The summed E-state index contributed by atoms with van der Waals surface area (Å²) in [6.45, 7) is 5.58. The highest BCUT2D eigenvalue weighted by atomic mass is 35.5. The van der Waals surface area contributed by atoms with Gasteiger partial charge in [-0.05, 0) is 60.4 Å². The number of carbonyl (C=O) groups is 2. The molecule has 0 spiro atoms. The number of rotatable bonds is 7. The highest BCUT2D eigenvalue weighted by molar-refractivity contribution is 6.42. The molecule has 0 saturated carbocycles. The average Bonchev–Trinajstić information content (AvgIpc) is 2.68. The zero-order valence-electron chi connectivity index (χ0n) is 16.6. The molecule has 2 rings (SSSR count). The van der Waals surface area contributed by atoms with Crippen molar-refractivity contribution in [2.45, 2.75) is 26.8 Å². The van der Waals surface area contributed by atoms with Crippen molar-refractivity contribution < 1.29 is 14.3 Å². The van der Waals surface area contributed by atoms with Crippen molar-refractivity contribution in [1.29, 1.82) is 0 Å². The Morgan fingerprint density at radius 2 is 1.83 bits per heavy atom. The molecule has 154 valence electrons. The molecule has 1 unspecified atom stereocenters. The molecule has 0 fully saturated rings. The lowest BCUT2D eigenvalue weighted by atomic mass is 10.0. The first-order valence-electron chi connectivity index (χ1n) is 8.96. The van der Waals surface area contributed by atoms with Crippen LogP contribution in [0.2, 0.25) is 10.0 Å². The number of hydrogen-bond acceptors (Lipinski definition) is 4. The number of aryl methyl sites for hydroxylation is 1. The van der Waals surface area contributed by atoms with Gasteiger partial charge in [0.25, 0.3) is 11.8 Å². The molecule has 0 radical (unpaired) electrons. The van der Waals surface area contributed by atoms with Crippen LogP contribution in [0.4, 0.5) is 0 Å². The minimum atomic E-state index is -0.772. The molecule has 0 aliphatic heterocycles. The summed E-state index contributed by atoms with van der Waals surface area (Å²) >= 11 is 11.8. The number of nitrogens with zero attached hydrogens (tertiary/aromatic N) is 1. The highest BCUT2D eigenvalue weighted by Crippen LogP contribution is 2.22. The fourth-order valence-corrected chi connectivity index (χ4v) is 2.85. The maximum atomic E-state index is 12.5. The van der Waals surface area contributed by atoms with Crippen LogP contribution < -0.4 is 15.5 Å². The molecular formula is C21H23Cl2N3O3. The third-order valence-electron chi connectivity index (χ3n) is 4.27. The van der Waals surface area contributed by atoms with E-state index in [1.165, 1.54) is 12.1 Å². The Morgan fingerprint density at radius 3 is 2.41 bits per heavy atom. The minimum Gasteiger partial charge on any atom is -0.497 e. The first kappa shape index (κ1) is 22.7. The second-order valence-corrected chi connectivity index (χ2v) is 7.60. The molecule has 0 saturated heterocycles. The van der Waals surface area contributed by atoms with Gasteiger partial charge in [0.05, 0.1) is 23.4 Å². The fraction of sp³-hybridized carbons (Fsp3) is 0.286. The van der Waals surface area contributed by atoms with Crippen molar-refractivity contribution in [3.8, 4) is 5.75 Å². The average molecular weight is 436 g/mol. The number of hydrogen-bond donors (Lipinski definition) is 2. The number of amides is 2. The van der Waals surface area contributed by atoms with Crippen molar-refractivity contribution in [1.82, 2.24) is 10.7 Å². The van der Waals surface area contributed by atoms with E-state index >= 15 is 0 Å². The number of ether oxygens (including phenoxy) is 1. The van der Waals surface area contributed by atoms with Crippen LogP contribution in [0.1, 0.15) is 35.3 Å². The van der Waals surface area contributed by atoms with Gasteiger partial charge in [-0.2, -0.15) is 5.10 Å². The van der Waals surface area contributed by atoms with Crippen molar-refractivity contribution >= 4 is 41.2 Å². The van der Waals surface area contributed by atoms with Gasteiger partial charge in [-0.25, -0.2) is 5.43 Å². The molecule has 0 aliphatic carbocycles. The zero-order valence-corrected chi connectivity index (χ0v) is 18.1. The first-order chi connectivity index (χ1) is 13.7. The van der Waals surface area contributed by atoms with E-state index < -0.39 is 17.9 Å². The van der Waals surface area contributed by atoms with Gasteiger partial charge in [0.1, 0.15) is 11.8 Å². The van der Waals surface area contributed by atoms with Gasteiger partial charge in [0.15, 0.2) is 0 Å². The number of methoxy groups -OCH3 is 1. The van der Waals surface area contributed by atoms with Crippen LogP contribution in [0.5, 0.6) is 5.75 Å². The van der Waals surface area contributed by atoms with E-state index in [4.69, 9.17) is 27.9 Å². The maximum Gasteiger partial charge on any atom is 0.262 e. The molecule has 2 amide bonds. The summed E-state index contributed by atoms with van der Waals surface area (Å²) in [5, 5.41) is 7.34. The molecule has 0 aromatic heterocycles. The number of nitrogens with one attached hydrogen (secondary N) is 2. The van der Waals surface area contributed by atoms with Gasteiger partial charge in [-0.15, -0.1) is 0 Å². The van der Waals surface area contributed by atoms with Gasteiger partial charge in [0.2, 0.25) is 0 Å². The summed E-state index contributed by atoms with van der Waals surface area (Å²) < 4.78 is 5.17. The maximum absolute atomic E-state index is 12.5. The van der Waals surface area contributed by atoms with Crippen LogP contribution in [0.25, 0.3) is 0 Å². The third kappa shape index (κ3) is 6.21. The Kier molecular flexibility index (Phi) is 8.05. The van der Waals surface area contributed by atoms with Gasteiger partial charge < -0.3 is 10.1 Å². The lowest BCUT2D eigenvalue weighted by Crippen LogP contribution is -2.48. The molecule has 29 heavy (non-hydrogen) atoms. The summed E-state index contributed by atoms with van der Waals surface area (Å²) in [5.74, 6) is -0.253. The largest absolute Gasteiger partial charge is 0.497 e. The normalized spacial score (nSPS) is 12.1. The fourth-order valence-electron chi connectivity index (χ4n) is 2.55. The van der Waals surface area contributed by atoms with Crippen LogP contribution >= 0.6 is 23.2 Å². The Labute approximate surface area is 180 Å². The van der Waals surface area contributed by atoms with Crippen LogP contribution in [0.3, 0.4) is 0 Å². The molecular weight excluding hydrogens is 413 g/mol. The van der Waals surface area contributed by atoms with Crippen LogP contribution in [-0.4, -0.2) is 31.2 Å². The second kappa shape index (κ2) is 10.3. The Bertz CT molecular complexity index is 929. The third-order valence-corrected chi connectivity index (χ3v) is 5.01. The topological polar surface area (TPSA) is 79.8 Å². The summed E-state index contributed by atoms with van der Waals surface area (Å²) in [6.07, 6.45) is 1.55. The monoisotopic (exact) mass is 435 g/mol. The summed E-state index contributed by atoms with van der Waals surface area (Å²) in [6, 6.07) is 9.29. The molecule has 0 aliphatic rings. The van der Waals surface area contributed by atoms with Gasteiger partial charge >= 0.3 is 0 Å². The number of halogens is 2. The van der Waals surface area contributed by atoms with Crippen molar-refractivity contribution in [3.05, 3.63) is 63.1 Å². The lowest BCUT2D eigenvalue weighted by Gasteiger charge is -2.20. The predicted octanol–water partition coefficient (Wildman–Crippen LogP) is 4.22. The predicted molar refractivity (Wildman–Crippen MR) is 116 cm³/mol. The highest BCUT2D eigenvalue weighted by Gasteiger charge is 2.24. The molecule has 2 aromatic carbocycles. The Hall–Kier alpha value is -2.57. The molecule has 0 bridgehead atoms. The number of benzene rings is 2. The van der Waals surface area contributed by atoms with Crippen LogP contribution in [0, 0.1) is 12.8 Å². The zero-order chi connectivity index (χ0) is 21.6. The molecule has 1 atom stereocenters. The van der Waals surface area contributed by atoms with E-state index in [9.17, 15) is 9.59 Å². The number of carbonyl (C=O) groups excluding carboxylic acids is 2. The molecule has 2 aromatic rings. The molecule has 0 heterocycles. The Morgan fingerprint density at radius 1 is 1.10 bits per heavy atom. The quantitative estimate of drug-likeness (QED) is 0.504. The summed E-state index contributed by atoms with van der Waals surface area (Å²) in [4.78, 5) is 25.0. The summed E-state index contributed by atoms with van der Waals surface area (Å²) in [5.41, 5.74) is 4.59. The van der Waals surface area contributed by atoms with E-state index in [-0.39, 0.29) is 10.9 Å². The van der Waals surface area contributed by atoms with E-state index in [2.05, 4.69) is 15.8 Å².